The first-order chi connectivity index (χ1) is 13.3. The second kappa shape index (κ2) is 8.38. The first-order valence-corrected chi connectivity index (χ1v) is 10.5. The fraction of sp³-hybridized carbons (Fsp3) is 0.350. The third-order valence-electron chi connectivity index (χ3n) is 4.54. The van der Waals surface area contributed by atoms with Gasteiger partial charge in [0.05, 0.1) is 17.1 Å². The van der Waals surface area contributed by atoms with Crippen LogP contribution in [0.1, 0.15) is 29.8 Å². The zero-order valence-electron chi connectivity index (χ0n) is 15.8. The highest BCUT2D eigenvalue weighted by Crippen LogP contribution is 2.21. The van der Waals surface area contributed by atoms with E-state index >= 15 is 0 Å². The number of nitrogens with zero attached hydrogens (tertiary/aromatic N) is 1. The number of morpholine rings is 1. The molecular formula is C20H23FN2O4S. The maximum Gasteiger partial charge on any atom is 0.251 e. The monoisotopic (exact) mass is 406 g/mol. The van der Waals surface area contributed by atoms with Crippen LogP contribution in [-0.2, 0) is 21.3 Å². The lowest BCUT2D eigenvalue weighted by Gasteiger charge is -2.34. The average Bonchev–Trinajstić information content (AvgIpc) is 2.66. The molecule has 8 heteroatoms. The number of nitrogens with one attached hydrogen (secondary N) is 1. The number of hydrogen-bond donors (Lipinski definition) is 1. The molecule has 2 aromatic rings. The molecule has 28 heavy (non-hydrogen) atoms. The van der Waals surface area contributed by atoms with Gasteiger partial charge in [0.25, 0.3) is 5.91 Å². The van der Waals surface area contributed by atoms with Gasteiger partial charge < -0.3 is 10.1 Å². The molecule has 0 aromatic heterocycles. The standard InChI is InChI=1S/C20H23FN2O4S/c1-14-12-23(13-15(2)27-14)28(25,26)18-9-7-16(8-10-18)20(24)22-11-17-5-3-4-6-19(17)21/h3-10,14-15H,11-13H2,1-2H3,(H,22,24). The molecule has 0 bridgehead atoms. The van der Waals surface area contributed by atoms with Crippen LogP contribution in [0.3, 0.4) is 0 Å². The van der Waals surface area contributed by atoms with E-state index in [0.29, 0.717) is 11.1 Å². The molecular weight excluding hydrogens is 383 g/mol. The highest BCUT2D eigenvalue weighted by Gasteiger charge is 2.32. The minimum absolute atomic E-state index is 0.0507. The van der Waals surface area contributed by atoms with Crippen LogP contribution in [0.5, 0.6) is 0 Å². The molecule has 0 aliphatic carbocycles. The summed E-state index contributed by atoms with van der Waals surface area (Å²) in [5.74, 6) is -0.793. The summed E-state index contributed by atoms with van der Waals surface area (Å²) in [6.07, 6.45) is -0.357. The first kappa shape index (κ1) is 20.4. The summed E-state index contributed by atoms with van der Waals surface area (Å²) in [6.45, 7) is 4.30. The molecule has 1 amide bonds. The van der Waals surface area contributed by atoms with Gasteiger partial charge in [-0.2, -0.15) is 4.31 Å². The Hall–Kier alpha value is -2.29. The number of hydrogen-bond acceptors (Lipinski definition) is 4. The summed E-state index contributed by atoms with van der Waals surface area (Å²) in [6, 6.07) is 11.9. The number of amides is 1. The van der Waals surface area contributed by atoms with Crippen LogP contribution in [0.2, 0.25) is 0 Å². The van der Waals surface area contributed by atoms with Crippen molar-refractivity contribution in [2.45, 2.75) is 37.5 Å². The second-order valence-corrected chi connectivity index (χ2v) is 8.82. The van der Waals surface area contributed by atoms with Gasteiger partial charge in [-0.15, -0.1) is 0 Å². The molecule has 150 valence electrons. The van der Waals surface area contributed by atoms with E-state index in [1.54, 1.807) is 18.2 Å². The van der Waals surface area contributed by atoms with Crippen molar-refractivity contribution in [3.8, 4) is 0 Å². The number of halogens is 1. The number of benzene rings is 2. The van der Waals surface area contributed by atoms with Crippen LogP contribution in [-0.4, -0.2) is 43.9 Å². The molecule has 1 fully saturated rings. The van der Waals surface area contributed by atoms with Crippen molar-refractivity contribution in [1.29, 1.82) is 0 Å². The van der Waals surface area contributed by atoms with Crippen LogP contribution in [0.4, 0.5) is 4.39 Å². The molecule has 0 saturated carbocycles. The lowest BCUT2D eigenvalue weighted by molar-refractivity contribution is -0.0440. The van der Waals surface area contributed by atoms with Crippen molar-refractivity contribution in [1.82, 2.24) is 9.62 Å². The fourth-order valence-electron chi connectivity index (χ4n) is 3.17. The molecule has 2 unspecified atom stereocenters. The quantitative estimate of drug-likeness (QED) is 0.828. The van der Waals surface area contributed by atoms with Gasteiger partial charge in [-0.05, 0) is 44.2 Å². The molecule has 1 heterocycles. The molecule has 1 aliphatic heterocycles. The van der Waals surface area contributed by atoms with Gasteiger partial charge >= 0.3 is 0 Å². The van der Waals surface area contributed by atoms with Gasteiger partial charge in [0, 0.05) is 30.8 Å². The third-order valence-corrected chi connectivity index (χ3v) is 6.38. The van der Waals surface area contributed by atoms with E-state index < -0.39 is 21.7 Å². The molecule has 2 atom stereocenters. The fourth-order valence-corrected chi connectivity index (χ4v) is 4.76. The van der Waals surface area contributed by atoms with Crippen molar-refractivity contribution < 1.29 is 22.3 Å². The Morgan fingerprint density at radius 2 is 1.71 bits per heavy atom. The summed E-state index contributed by atoms with van der Waals surface area (Å²) in [7, 11) is -3.66. The Morgan fingerprint density at radius 3 is 2.32 bits per heavy atom. The van der Waals surface area contributed by atoms with E-state index in [-0.39, 0.29) is 36.7 Å². The Bertz CT molecular complexity index is 937. The van der Waals surface area contributed by atoms with Crippen LogP contribution < -0.4 is 5.32 Å². The Balaban J connectivity index is 1.68. The number of rotatable bonds is 5. The summed E-state index contributed by atoms with van der Waals surface area (Å²) in [5, 5.41) is 2.63. The van der Waals surface area contributed by atoms with E-state index in [4.69, 9.17) is 4.74 Å². The summed E-state index contributed by atoms with van der Waals surface area (Å²) in [5.41, 5.74) is 0.685. The van der Waals surface area contributed by atoms with Gasteiger partial charge in [0.2, 0.25) is 10.0 Å². The highest BCUT2D eigenvalue weighted by molar-refractivity contribution is 7.89. The van der Waals surface area contributed by atoms with E-state index in [2.05, 4.69) is 5.32 Å². The largest absolute Gasteiger partial charge is 0.373 e. The van der Waals surface area contributed by atoms with Gasteiger partial charge in [-0.25, -0.2) is 12.8 Å². The Labute approximate surface area is 164 Å². The lowest BCUT2D eigenvalue weighted by atomic mass is 10.2. The summed E-state index contributed by atoms with van der Waals surface area (Å²) >= 11 is 0. The zero-order valence-corrected chi connectivity index (χ0v) is 16.6. The molecule has 1 saturated heterocycles. The van der Waals surface area contributed by atoms with E-state index in [1.165, 1.54) is 34.6 Å². The topological polar surface area (TPSA) is 75.7 Å². The van der Waals surface area contributed by atoms with E-state index in [9.17, 15) is 17.6 Å². The lowest BCUT2D eigenvalue weighted by Crippen LogP contribution is -2.48. The van der Waals surface area contributed by atoms with E-state index in [1.807, 2.05) is 13.8 Å². The maximum atomic E-state index is 13.6. The van der Waals surface area contributed by atoms with Gasteiger partial charge in [-0.3, -0.25) is 4.79 Å². The minimum Gasteiger partial charge on any atom is -0.373 e. The zero-order chi connectivity index (χ0) is 20.3. The molecule has 6 nitrogen and oxygen atoms in total. The van der Waals surface area contributed by atoms with Gasteiger partial charge in [0.15, 0.2) is 0 Å². The van der Waals surface area contributed by atoms with Crippen LogP contribution >= 0.6 is 0 Å². The number of carbonyl (C=O) groups is 1. The number of ether oxygens (including phenoxy) is 1. The third kappa shape index (κ3) is 4.57. The predicted molar refractivity (Wildman–Crippen MR) is 103 cm³/mol. The van der Waals surface area contributed by atoms with Crippen LogP contribution in [0, 0.1) is 5.82 Å². The van der Waals surface area contributed by atoms with Crippen molar-refractivity contribution >= 4 is 15.9 Å². The van der Waals surface area contributed by atoms with Crippen molar-refractivity contribution in [2.75, 3.05) is 13.1 Å². The number of carbonyl (C=O) groups excluding carboxylic acids is 1. The molecule has 2 aromatic carbocycles. The first-order valence-electron chi connectivity index (χ1n) is 9.04. The maximum absolute atomic E-state index is 13.6. The molecule has 0 radical (unpaired) electrons. The smallest absolute Gasteiger partial charge is 0.251 e. The predicted octanol–water partition coefficient (Wildman–Crippen LogP) is 2.55. The normalized spacial score (nSPS) is 20.7. The molecule has 1 aliphatic rings. The van der Waals surface area contributed by atoms with Crippen molar-refractivity contribution in [2.24, 2.45) is 0 Å². The minimum atomic E-state index is -3.66. The summed E-state index contributed by atoms with van der Waals surface area (Å²) in [4.78, 5) is 12.4. The van der Waals surface area contributed by atoms with Crippen molar-refractivity contribution in [3.05, 3.63) is 65.5 Å². The molecule has 3 rings (SSSR count). The SMILES string of the molecule is CC1CN(S(=O)(=O)c2ccc(C(=O)NCc3ccccc3F)cc2)CC(C)O1. The van der Waals surface area contributed by atoms with E-state index in [0.717, 1.165) is 0 Å². The highest BCUT2D eigenvalue weighted by atomic mass is 32.2. The van der Waals surface area contributed by atoms with Gasteiger partial charge in [0.1, 0.15) is 5.82 Å². The average molecular weight is 406 g/mol. The Morgan fingerprint density at radius 1 is 1.11 bits per heavy atom. The second-order valence-electron chi connectivity index (χ2n) is 6.88. The molecule has 0 spiro atoms. The van der Waals surface area contributed by atoms with Crippen molar-refractivity contribution in [3.63, 3.8) is 0 Å². The molecule has 1 N–H and O–H groups in total. The van der Waals surface area contributed by atoms with Gasteiger partial charge in [-0.1, -0.05) is 18.2 Å². The Kier molecular flexibility index (Phi) is 6.12. The summed E-state index contributed by atoms with van der Waals surface area (Å²) < 4.78 is 46.3. The number of sulfonamides is 1. The van der Waals surface area contributed by atoms with Crippen LogP contribution in [0.25, 0.3) is 0 Å². The van der Waals surface area contributed by atoms with Crippen LogP contribution in [0.15, 0.2) is 53.4 Å².